The van der Waals surface area contributed by atoms with Crippen LogP contribution >= 0.6 is 0 Å². The fourth-order valence-corrected chi connectivity index (χ4v) is 3.13. The Kier molecular flexibility index (Phi) is 7.53. The fourth-order valence-electron chi connectivity index (χ4n) is 3.13. The maximum Gasteiger partial charge on any atom is 0.224 e. The second-order valence-electron chi connectivity index (χ2n) is 7.16. The van der Waals surface area contributed by atoms with E-state index in [1.807, 2.05) is 4.90 Å². The number of piperidine rings is 1. The second-order valence-corrected chi connectivity index (χ2v) is 7.16. The molecule has 0 radical (unpaired) electrons. The molecule has 1 atom stereocenters. The van der Waals surface area contributed by atoms with Crippen molar-refractivity contribution in [2.75, 3.05) is 26.2 Å². The fraction of sp³-hybridized carbons (Fsp3) is 0.833. The number of unbranched alkanes of at least 4 members (excludes halogenated alkanes) is 2. The first-order valence-electron chi connectivity index (χ1n) is 9.36. The van der Waals surface area contributed by atoms with E-state index >= 15 is 0 Å². The second kappa shape index (κ2) is 9.64. The van der Waals surface area contributed by atoms with Crippen molar-refractivity contribution in [3.63, 3.8) is 0 Å². The maximum absolute atomic E-state index is 12.3. The van der Waals surface area contributed by atoms with E-state index in [9.17, 15) is 14.4 Å². The first-order chi connectivity index (χ1) is 11.6. The van der Waals surface area contributed by atoms with Gasteiger partial charge in [-0.05, 0) is 44.4 Å². The van der Waals surface area contributed by atoms with Gasteiger partial charge in [0.15, 0.2) is 0 Å². The van der Waals surface area contributed by atoms with Crippen LogP contribution in [0.15, 0.2) is 0 Å². The number of likely N-dealkylation sites (tertiary alicyclic amines) is 1. The van der Waals surface area contributed by atoms with Gasteiger partial charge in [0.2, 0.25) is 17.7 Å². The number of hydrogen-bond acceptors (Lipinski definition) is 3. The van der Waals surface area contributed by atoms with E-state index in [1.165, 1.54) is 19.8 Å². The first-order valence-corrected chi connectivity index (χ1v) is 9.36. The average molecular weight is 337 g/mol. The minimum Gasteiger partial charge on any atom is -0.356 e. The molecule has 2 rings (SSSR count). The molecule has 1 saturated heterocycles. The van der Waals surface area contributed by atoms with Gasteiger partial charge in [0, 0.05) is 39.5 Å². The molecule has 2 aliphatic rings. The Morgan fingerprint density at radius 1 is 1.04 bits per heavy atom. The molecule has 1 heterocycles. The lowest BCUT2D eigenvalue weighted by atomic mass is 9.96. The molecule has 2 fully saturated rings. The van der Waals surface area contributed by atoms with Crippen LogP contribution in [0.5, 0.6) is 0 Å². The third kappa shape index (κ3) is 6.89. The Labute approximate surface area is 144 Å². The Morgan fingerprint density at radius 3 is 2.54 bits per heavy atom. The number of carbonyl (C=O) groups excluding carboxylic acids is 3. The topological polar surface area (TPSA) is 78.5 Å². The molecule has 1 unspecified atom stereocenters. The summed E-state index contributed by atoms with van der Waals surface area (Å²) in [7, 11) is 0. The molecule has 24 heavy (non-hydrogen) atoms. The van der Waals surface area contributed by atoms with Crippen LogP contribution in [0.3, 0.4) is 0 Å². The van der Waals surface area contributed by atoms with Crippen LogP contribution in [-0.2, 0) is 14.4 Å². The summed E-state index contributed by atoms with van der Waals surface area (Å²) >= 11 is 0. The van der Waals surface area contributed by atoms with Crippen molar-refractivity contribution in [2.24, 2.45) is 11.8 Å². The van der Waals surface area contributed by atoms with E-state index in [2.05, 4.69) is 10.6 Å². The molecule has 2 N–H and O–H groups in total. The highest BCUT2D eigenvalue weighted by Crippen LogP contribution is 2.28. The molecule has 0 aromatic carbocycles. The Hall–Kier alpha value is -1.59. The molecule has 6 heteroatoms. The van der Waals surface area contributed by atoms with Crippen molar-refractivity contribution in [1.82, 2.24) is 15.5 Å². The van der Waals surface area contributed by atoms with E-state index in [-0.39, 0.29) is 23.6 Å². The SMILES string of the molecule is CC(=O)NCCCCCC(=O)N1CCCC(C(=O)NCC2CC2)C1. The molecule has 0 aromatic heterocycles. The number of carbonyl (C=O) groups is 3. The molecule has 0 bridgehead atoms. The summed E-state index contributed by atoms with van der Waals surface area (Å²) in [4.78, 5) is 37.1. The normalized spacial score (nSPS) is 20.5. The minimum absolute atomic E-state index is 0.00889. The van der Waals surface area contributed by atoms with Crippen molar-refractivity contribution < 1.29 is 14.4 Å². The zero-order valence-corrected chi connectivity index (χ0v) is 14.8. The molecule has 0 spiro atoms. The third-order valence-corrected chi connectivity index (χ3v) is 4.85. The quantitative estimate of drug-likeness (QED) is 0.625. The molecule has 3 amide bonds. The molecular formula is C18H31N3O3. The summed E-state index contributed by atoms with van der Waals surface area (Å²) in [5, 5.41) is 5.80. The standard InChI is InChI=1S/C18H31N3O3/c1-14(22)19-10-4-2-3-7-17(23)21-11-5-6-16(13-21)18(24)20-12-15-8-9-15/h15-16H,2-13H2,1H3,(H,19,22)(H,20,24). The van der Waals surface area contributed by atoms with Gasteiger partial charge in [0.25, 0.3) is 0 Å². The number of nitrogens with one attached hydrogen (secondary N) is 2. The summed E-state index contributed by atoms with van der Waals surface area (Å²) in [6.45, 7) is 4.34. The zero-order valence-electron chi connectivity index (χ0n) is 14.8. The summed E-state index contributed by atoms with van der Waals surface area (Å²) < 4.78 is 0. The lowest BCUT2D eigenvalue weighted by molar-refractivity contribution is -0.135. The van der Waals surface area contributed by atoms with Gasteiger partial charge in [0.1, 0.15) is 0 Å². The van der Waals surface area contributed by atoms with E-state index < -0.39 is 0 Å². The van der Waals surface area contributed by atoms with Crippen molar-refractivity contribution in [3.8, 4) is 0 Å². The van der Waals surface area contributed by atoms with Crippen molar-refractivity contribution in [3.05, 3.63) is 0 Å². The largest absolute Gasteiger partial charge is 0.356 e. The summed E-state index contributed by atoms with van der Waals surface area (Å²) in [6.07, 6.45) is 7.48. The van der Waals surface area contributed by atoms with Gasteiger partial charge < -0.3 is 15.5 Å². The molecule has 1 aliphatic carbocycles. The lowest BCUT2D eigenvalue weighted by Crippen LogP contribution is -2.45. The Morgan fingerprint density at radius 2 is 1.83 bits per heavy atom. The van der Waals surface area contributed by atoms with Crippen LogP contribution in [0.1, 0.15) is 58.3 Å². The van der Waals surface area contributed by atoms with E-state index in [4.69, 9.17) is 0 Å². The van der Waals surface area contributed by atoms with E-state index in [1.54, 1.807) is 0 Å². The summed E-state index contributed by atoms with van der Waals surface area (Å²) in [5.41, 5.74) is 0. The minimum atomic E-state index is -0.0405. The van der Waals surface area contributed by atoms with Gasteiger partial charge in [-0.1, -0.05) is 6.42 Å². The lowest BCUT2D eigenvalue weighted by Gasteiger charge is -2.32. The molecule has 6 nitrogen and oxygen atoms in total. The zero-order chi connectivity index (χ0) is 17.4. The number of rotatable bonds is 9. The molecule has 0 aromatic rings. The Balaban J connectivity index is 1.60. The van der Waals surface area contributed by atoms with Crippen LogP contribution in [0.4, 0.5) is 0 Å². The van der Waals surface area contributed by atoms with Gasteiger partial charge in [-0.15, -0.1) is 0 Å². The van der Waals surface area contributed by atoms with Crippen LogP contribution in [0, 0.1) is 11.8 Å². The van der Waals surface area contributed by atoms with Crippen LogP contribution in [0.25, 0.3) is 0 Å². The van der Waals surface area contributed by atoms with Crippen LogP contribution < -0.4 is 10.6 Å². The van der Waals surface area contributed by atoms with Crippen LogP contribution in [-0.4, -0.2) is 48.8 Å². The highest BCUT2D eigenvalue weighted by molar-refractivity contribution is 5.81. The summed E-state index contributed by atoms with van der Waals surface area (Å²) in [5.74, 6) is 0.920. The smallest absolute Gasteiger partial charge is 0.224 e. The van der Waals surface area contributed by atoms with Crippen molar-refractivity contribution in [2.45, 2.75) is 58.3 Å². The molecule has 1 saturated carbocycles. The van der Waals surface area contributed by atoms with E-state index in [0.717, 1.165) is 45.2 Å². The van der Waals surface area contributed by atoms with Gasteiger partial charge in [-0.25, -0.2) is 0 Å². The predicted octanol–water partition coefficient (Wildman–Crippen LogP) is 1.45. The molecule has 1 aliphatic heterocycles. The highest BCUT2D eigenvalue weighted by Gasteiger charge is 2.29. The molecule has 136 valence electrons. The Bertz CT molecular complexity index is 449. The van der Waals surface area contributed by atoms with Gasteiger partial charge in [-0.2, -0.15) is 0 Å². The number of nitrogens with zero attached hydrogens (tertiary/aromatic N) is 1. The van der Waals surface area contributed by atoms with Gasteiger partial charge in [0.05, 0.1) is 5.92 Å². The van der Waals surface area contributed by atoms with Crippen LogP contribution in [0.2, 0.25) is 0 Å². The average Bonchev–Trinajstić information content (AvgIpc) is 3.39. The van der Waals surface area contributed by atoms with Crippen molar-refractivity contribution in [1.29, 1.82) is 0 Å². The predicted molar refractivity (Wildman–Crippen MR) is 92.2 cm³/mol. The van der Waals surface area contributed by atoms with Crippen molar-refractivity contribution >= 4 is 17.7 Å². The van der Waals surface area contributed by atoms with Gasteiger partial charge >= 0.3 is 0 Å². The highest BCUT2D eigenvalue weighted by atomic mass is 16.2. The third-order valence-electron chi connectivity index (χ3n) is 4.85. The number of hydrogen-bond donors (Lipinski definition) is 2. The molecular weight excluding hydrogens is 306 g/mol. The number of amides is 3. The monoisotopic (exact) mass is 337 g/mol. The van der Waals surface area contributed by atoms with E-state index in [0.29, 0.717) is 25.4 Å². The maximum atomic E-state index is 12.3. The first kappa shape index (κ1) is 18.7. The summed E-state index contributed by atoms with van der Waals surface area (Å²) in [6, 6.07) is 0. The van der Waals surface area contributed by atoms with Gasteiger partial charge in [-0.3, -0.25) is 14.4 Å².